The van der Waals surface area contributed by atoms with Crippen molar-refractivity contribution in [2.24, 2.45) is 5.92 Å². The number of aliphatic carboxylic acids is 1. The first-order chi connectivity index (χ1) is 11.1. The van der Waals surface area contributed by atoms with Crippen LogP contribution in [0.5, 0.6) is 0 Å². The van der Waals surface area contributed by atoms with Crippen molar-refractivity contribution in [3.63, 3.8) is 0 Å². The largest absolute Gasteiger partial charge is 0.481 e. The molecule has 120 valence electrons. The van der Waals surface area contributed by atoms with Crippen LogP contribution >= 0.6 is 0 Å². The van der Waals surface area contributed by atoms with Crippen LogP contribution < -0.4 is 5.32 Å². The average Bonchev–Trinajstić information content (AvgIpc) is 3.17. The van der Waals surface area contributed by atoms with Gasteiger partial charge in [0.2, 0.25) is 5.91 Å². The molecule has 0 unspecified atom stereocenters. The maximum atomic E-state index is 12.1. The predicted octanol–water partition coefficient (Wildman–Crippen LogP) is 1.31. The average molecular weight is 314 g/mol. The second-order valence-electron chi connectivity index (χ2n) is 5.72. The van der Waals surface area contributed by atoms with E-state index in [4.69, 9.17) is 5.11 Å². The fourth-order valence-corrected chi connectivity index (χ4v) is 2.94. The van der Waals surface area contributed by atoms with E-state index in [1.54, 1.807) is 6.20 Å². The molecule has 1 aliphatic carbocycles. The van der Waals surface area contributed by atoms with Gasteiger partial charge in [-0.3, -0.25) is 9.59 Å². The molecule has 0 spiro atoms. The maximum absolute atomic E-state index is 12.1. The summed E-state index contributed by atoms with van der Waals surface area (Å²) >= 11 is 0. The molecule has 7 nitrogen and oxygen atoms in total. The highest BCUT2D eigenvalue weighted by atomic mass is 16.4. The summed E-state index contributed by atoms with van der Waals surface area (Å²) < 4.78 is 1.46. The number of aromatic nitrogens is 3. The fourth-order valence-electron chi connectivity index (χ4n) is 2.94. The minimum Gasteiger partial charge on any atom is -0.481 e. The number of nitrogens with zero attached hydrogens (tertiary/aromatic N) is 3. The van der Waals surface area contributed by atoms with Crippen molar-refractivity contribution in [1.82, 2.24) is 20.3 Å². The summed E-state index contributed by atoms with van der Waals surface area (Å²) in [5.41, 5.74) is 1.63. The highest BCUT2D eigenvalue weighted by Gasteiger charge is 2.33. The molecule has 7 heteroatoms. The lowest BCUT2D eigenvalue weighted by Gasteiger charge is -2.17. The lowest BCUT2D eigenvalue weighted by atomic mass is 10.0. The van der Waals surface area contributed by atoms with Gasteiger partial charge in [0.25, 0.3) is 0 Å². The van der Waals surface area contributed by atoms with E-state index in [1.807, 2.05) is 30.3 Å². The molecular weight excluding hydrogens is 296 g/mol. The summed E-state index contributed by atoms with van der Waals surface area (Å²) in [5.74, 6) is -1.58. The fraction of sp³-hybridized carbons (Fsp3) is 0.375. The first-order valence-electron chi connectivity index (χ1n) is 7.61. The summed E-state index contributed by atoms with van der Waals surface area (Å²) in [4.78, 5) is 23.2. The smallest absolute Gasteiger partial charge is 0.308 e. The third kappa shape index (κ3) is 3.56. The Balaban J connectivity index is 1.60. The van der Waals surface area contributed by atoms with Crippen molar-refractivity contribution >= 4 is 11.9 Å². The highest BCUT2D eigenvalue weighted by molar-refractivity contribution is 5.78. The number of carboxylic acids is 1. The lowest BCUT2D eigenvalue weighted by Crippen LogP contribution is -2.41. The van der Waals surface area contributed by atoms with E-state index >= 15 is 0 Å². The van der Waals surface area contributed by atoms with Crippen LogP contribution in [-0.2, 0) is 16.1 Å². The standard InChI is InChI=1S/C16H18N4O3/c21-15(17-13-8-4-7-12(13)16(22)23)10-20-9-14(18-19-20)11-5-2-1-3-6-11/h1-3,5-6,9,12-13H,4,7-8,10H2,(H,17,21)(H,22,23)/t12-,13+/m1/s1. The van der Waals surface area contributed by atoms with Gasteiger partial charge in [-0.2, -0.15) is 0 Å². The van der Waals surface area contributed by atoms with E-state index in [0.717, 1.165) is 12.0 Å². The van der Waals surface area contributed by atoms with Crippen LogP contribution in [0.3, 0.4) is 0 Å². The maximum Gasteiger partial charge on any atom is 0.308 e. The molecule has 1 aromatic carbocycles. The van der Waals surface area contributed by atoms with Crippen molar-refractivity contribution in [2.45, 2.75) is 31.8 Å². The normalized spacial score (nSPS) is 20.3. The molecule has 0 aliphatic heterocycles. The summed E-state index contributed by atoms with van der Waals surface area (Å²) in [6.45, 7) is 0.0304. The summed E-state index contributed by atoms with van der Waals surface area (Å²) in [7, 11) is 0. The molecule has 1 aliphatic rings. The molecule has 1 fully saturated rings. The van der Waals surface area contributed by atoms with Crippen molar-refractivity contribution in [2.75, 3.05) is 0 Å². The molecule has 2 N–H and O–H groups in total. The number of amides is 1. The summed E-state index contributed by atoms with van der Waals surface area (Å²) in [6, 6.07) is 9.29. The number of carbonyl (C=O) groups excluding carboxylic acids is 1. The Morgan fingerprint density at radius 3 is 2.78 bits per heavy atom. The van der Waals surface area contributed by atoms with Crippen molar-refractivity contribution in [3.05, 3.63) is 36.5 Å². The van der Waals surface area contributed by atoms with Gasteiger partial charge in [0.05, 0.1) is 12.1 Å². The van der Waals surface area contributed by atoms with Gasteiger partial charge < -0.3 is 10.4 Å². The first kappa shape index (κ1) is 15.2. The topological polar surface area (TPSA) is 97.1 Å². The van der Waals surface area contributed by atoms with Crippen molar-refractivity contribution in [3.8, 4) is 11.3 Å². The van der Waals surface area contributed by atoms with Crippen LogP contribution in [0.1, 0.15) is 19.3 Å². The van der Waals surface area contributed by atoms with Gasteiger partial charge in [-0.25, -0.2) is 4.68 Å². The number of hydrogen-bond acceptors (Lipinski definition) is 4. The van der Waals surface area contributed by atoms with E-state index < -0.39 is 11.9 Å². The summed E-state index contributed by atoms with van der Waals surface area (Å²) in [6.07, 6.45) is 3.85. The molecule has 0 bridgehead atoms. The van der Waals surface area contributed by atoms with Crippen LogP contribution in [0.4, 0.5) is 0 Å². The third-order valence-electron chi connectivity index (χ3n) is 4.09. The van der Waals surface area contributed by atoms with E-state index in [1.165, 1.54) is 4.68 Å². The quantitative estimate of drug-likeness (QED) is 0.867. The SMILES string of the molecule is O=C(Cn1cc(-c2ccccc2)nn1)N[C@H]1CCC[C@H]1C(=O)O. The summed E-state index contributed by atoms with van der Waals surface area (Å²) in [5, 5.41) is 19.9. The molecule has 1 aromatic heterocycles. The third-order valence-corrected chi connectivity index (χ3v) is 4.09. The minimum atomic E-state index is -0.847. The number of hydrogen-bond donors (Lipinski definition) is 2. The Morgan fingerprint density at radius 2 is 2.04 bits per heavy atom. The zero-order chi connectivity index (χ0) is 16.2. The second-order valence-corrected chi connectivity index (χ2v) is 5.72. The Labute approximate surface area is 133 Å². The molecule has 3 rings (SSSR count). The van der Waals surface area contributed by atoms with Crippen LogP contribution in [-0.4, -0.2) is 38.0 Å². The molecule has 1 saturated carbocycles. The Hall–Kier alpha value is -2.70. The van der Waals surface area contributed by atoms with Gasteiger partial charge in [0.1, 0.15) is 12.2 Å². The molecule has 1 amide bonds. The van der Waals surface area contributed by atoms with Gasteiger partial charge in [0, 0.05) is 11.6 Å². The Kier molecular flexibility index (Phi) is 4.36. The molecule has 2 aromatic rings. The monoisotopic (exact) mass is 314 g/mol. The van der Waals surface area contributed by atoms with E-state index in [0.29, 0.717) is 18.5 Å². The van der Waals surface area contributed by atoms with Crippen molar-refractivity contribution < 1.29 is 14.7 Å². The van der Waals surface area contributed by atoms with E-state index in [9.17, 15) is 9.59 Å². The molecule has 0 saturated heterocycles. The minimum absolute atomic E-state index is 0.0304. The zero-order valence-corrected chi connectivity index (χ0v) is 12.6. The molecular formula is C16H18N4O3. The number of nitrogens with one attached hydrogen (secondary N) is 1. The Morgan fingerprint density at radius 1 is 1.26 bits per heavy atom. The first-order valence-corrected chi connectivity index (χ1v) is 7.61. The van der Waals surface area contributed by atoms with Gasteiger partial charge in [-0.15, -0.1) is 5.10 Å². The van der Waals surface area contributed by atoms with E-state index in [2.05, 4.69) is 15.6 Å². The van der Waals surface area contributed by atoms with Crippen molar-refractivity contribution in [1.29, 1.82) is 0 Å². The van der Waals surface area contributed by atoms with Gasteiger partial charge in [0.15, 0.2) is 0 Å². The molecule has 2 atom stereocenters. The molecule has 1 heterocycles. The lowest BCUT2D eigenvalue weighted by molar-refractivity contribution is -0.142. The molecule has 23 heavy (non-hydrogen) atoms. The number of carbonyl (C=O) groups is 2. The van der Waals surface area contributed by atoms with E-state index in [-0.39, 0.29) is 18.5 Å². The predicted molar refractivity (Wildman–Crippen MR) is 82.4 cm³/mol. The second kappa shape index (κ2) is 6.60. The van der Waals surface area contributed by atoms with Crippen LogP contribution in [0, 0.1) is 5.92 Å². The van der Waals surface area contributed by atoms with Gasteiger partial charge in [-0.1, -0.05) is 42.0 Å². The van der Waals surface area contributed by atoms with Crippen LogP contribution in [0.15, 0.2) is 36.5 Å². The Bertz CT molecular complexity index is 698. The molecule has 0 radical (unpaired) electrons. The van der Waals surface area contributed by atoms with Crippen LogP contribution in [0.25, 0.3) is 11.3 Å². The number of carboxylic acid groups (broad SMARTS) is 1. The highest BCUT2D eigenvalue weighted by Crippen LogP contribution is 2.25. The number of benzene rings is 1. The zero-order valence-electron chi connectivity index (χ0n) is 12.6. The van der Waals surface area contributed by atoms with Gasteiger partial charge in [-0.05, 0) is 12.8 Å². The van der Waals surface area contributed by atoms with Gasteiger partial charge >= 0.3 is 5.97 Å². The number of rotatable bonds is 5. The van der Waals surface area contributed by atoms with Crippen LogP contribution in [0.2, 0.25) is 0 Å².